The first kappa shape index (κ1) is 30.5. The molecule has 0 aromatic carbocycles. The lowest BCUT2D eigenvalue weighted by Crippen LogP contribution is -2.20. The van der Waals surface area contributed by atoms with Crippen LogP contribution in [0, 0.1) is 11.8 Å². The standard InChI is InChI=1S/2C10H14O6/c2*1-6(2)10(15)16-4-3-7(9(13)14)5-8(11)12/h2*7H,1,3-5H2,2H3,(H,11,12)(H,13,14). The number of carbonyl (C=O) groups excluding carboxylic acids is 2. The molecule has 0 radical (unpaired) electrons. The zero-order valence-corrected chi connectivity index (χ0v) is 17.9. The van der Waals surface area contributed by atoms with E-state index in [4.69, 9.17) is 20.4 Å². The molecule has 12 heteroatoms. The van der Waals surface area contributed by atoms with Gasteiger partial charge < -0.3 is 29.9 Å². The normalized spacial score (nSPS) is 11.6. The van der Waals surface area contributed by atoms with Crippen molar-refractivity contribution >= 4 is 35.8 Å². The predicted molar refractivity (Wildman–Crippen MR) is 108 cm³/mol. The van der Waals surface area contributed by atoms with E-state index in [0.29, 0.717) is 0 Å². The molecule has 2 atom stereocenters. The molecule has 0 aliphatic carbocycles. The molecule has 0 amide bonds. The molecule has 2 unspecified atom stereocenters. The molecule has 0 heterocycles. The van der Waals surface area contributed by atoms with Crippen LogP contribution in [0.1, 0.15) is 39.5 Å². The number of carbonyl (C=O) groups is 6. The minimum Gasteiger partial charge on any atom is -0.481 e. The first-order chi connectivity index (χ1) is 14.7. The maximum absolute atomic E-state index is 10.9. The Labute approximate surface area is 184 Å². The molecule has 0 fully saturated rings. The van der Waals surface area contributed by atoms with Crippen LogP contribution in [0.15, 0.2) is 24.3 Å². The second kappa shape index (κ2) is 16.1. The third kappa shape index (κ3) is 16.1. The molecule has 0 saturated heterocycles. The maximum Gasteiger partial charge on any atom is 0.333 e. The van der Waals surface area contributed by atoms with Gasteiger partial charge in [0, 0.05) is 11.1 Å². The molecule has 180 valence electrons. The molecule has 12 nitrogen and oxygen atoms in total. The van der Waals surface area contributed by atoms with E-state index in [1.165, 1.54) is 13.8 Å². The smallest absolute Gasteiger partial charge is 0.333 e. The summed E-state index contributed by atoms with van der Waals surface area (Å²) in [6.07, 6.45) is -1.03. The molecule has 32 heavy (non-hydrogen) atoms. The molecule has 0 aromatic rings. The minimum absolute atomic E-state index is 0.0271. The van der Waals surface area contributed by atoms with Gasteiger partial charge in [0.1, 0.15) is 0 Å². The number of rotatable bonds is 14. The van der Waals surface area contributed by atoms with Crippen LogP contribution >= 0.6 is 0 Å². The SMILES string of the molecule is C=C(C)C(=O)OCCC(CC(=O)O)C(=O)O.C=C(C)C(=O)OCCC(CC(=O)O)C(=O)O. The molecule has 0 aromatic heterocycles. The Kier molecular flexibility index (Phi) is 15.3. The van der Waals surface area contributed by atoms with E-state index in [9.17, 15) is 28.8 Å². The largest absolute Gasteiger partial charge is 0.481 e. The number of hydrogen-bond acceptors (Lipinski definition) is 8. The fourth-order valence-corrected chi connectivity index (χ4v) is 1.88. The van der Waals surface area contributed by atoms with E-state index >= 15 is 0 Å². The number of ether oxygens (including phenoxy) is 2. The highest BCUT2D eigenvalue weighted by Gasteiger charge is 2.22. The first-order valence-electron chi connectivity index (χ1n) is 9.23. The van der Waals surface area contributed by atoms with Crippen LogP contribution in [0.2, 0.25) is 0 Å². The van der Waals surface area contributed by atoms with E-state index in [0.717, 1.165) is 0 Å². The van der Waals surface area contributed by atoms with Gasteiger partial charge in [-0.05, 0) is 26.7 Å². The monoisotopic (exact) mass is 460 g/mol. The fraction of sp³-hybridized carbons (Fsp3) is 0.500. The topological polar surface area (TPSA) is 202 Å². The molecule has 4 N–H and O–H groups in total. The quantitative estimate of drug-likeness (QED) is 0.214. The van der Waals surface area contributed by atoms with Gasteiger partial charge in [-0.3, -0.25) is 19.2 Å². The van der Waals surface area contributed by atoms with E-state index < -0.39 is 60.5 Å². The molecule has 0 spiro atoms. The highest BCUT2D eigenvalue weighted by molar-refractivity contribution is 5.87. The Morgan fingerprint density at radius 1 is 0.656 bits per heavy atom. The third-order valence-corrected chi connectivity index (χ3v) is 3.64. The zero-order chi connectivity index (χ0) is 25.4. The van der Waals surface area contributed by atoms with Crippen molar-refractivity contribution in [3.8, 4) is 0 Å². The lowest BCUT2D eigenvalue weighted by molar-refractivity contribution is -0.150. The molecule has 0 bridgehead atoms. The van der Waals surface area contributed by atoms with Crippen LogP contribution in [0.4, 0.5) is 0 Å². The van der Waals surface area contributed by atoms with Crippen LogP contribution in [0.25, 0.3) is 0 Å². The highest BCUT2D eigenvalue weighted by Crippen LogP contribution is 2.10. The average Bonchev–Trinajstić information content (AvgIpc) is 2.65. The second-order valence-electron chi connectivity index (χ2n) is 6.68. The van der Waals surface area contributed by atoms with Crippen LogP contribution in [0.5, 0.6) is 0 Å². The maximum atomic E-state index is 10.9. The summed E-state index contributed by atoms with van der Waals surface area (Å²) in [5.74, 6) is -8.13. The van der Waals surface area contributed by atoms with Crippen LogP contribution < -0.4 is 0 Å². The molecular weight excluding hydrogens is 432 g/mol. The van der Waals surface area contributed by atoms with Gasteiger partial charge in [-0.25, -0.2) is 9.59 Å². The molecular formula is C20H28O12. The van der Waals surface area contributed by atoms with Gasteiger partial charge in [0.25, 0.3) is 0 Å². The van der Waals surface area contributed by atoms with Gasteiger partial charge in [-0.1, -0.05) is 13.2 Å². The number of carboxylic acids is 4. The van der Waals surface area contributed by atoms with Crippen molar-refractivity contribution < 1.29 is 58.7 Å². The Morgan fingerprint density at radius 3 is 1.12 bits per heavy atom. The molecule has 0 aliphatic rings. The highest BCUT2D eigenvalue weighted by atomic mass is 16.5. The Balaban J connectivity index is 0. The van der Waals surface area contributed by atoms with Crippen LogP contribution in [-0.2, 0) is 38.2 Å². The van der Waals surface area contributed by atoms with Crippen molar-refractivity contribution in [2.75, 3.05) is 13.2 Å². The van der Waals surface area contributed by atoms with E-state index in [-0.39, 0.29) is 37.2 Å². The van der Waals surface area contributed by atoms with Gasteiger partial charge >= 0.3 is 35.8 Å². The Hall–Kier alpha value is -3.70. The molecule has 0 aliphatic heterocycles. The second-order valence-corrected chi connectivity index (χ2v) is 6.68. The summed E-state index contributed by atoms with van der Waals surface area (Å²) in [5, 5.41) is 34.2. The zero-order valence-electron chi connectivity index (χ0n) is 17.9. The van der Waals surface area contributed by atoms with Gasteiger partial charge in [-0.2, -0.15) is 0 Å². The number of esters is 2. The predicted octanol–water partition coefficient (Wildman–Crippen LogP) is 1.34. The van der Waals surface area contributed by atoms with Gasteiger partial charge in [-0.15, -0.1) is 0 Å². The lowest BCUT2D eigenvalue weighted by Gasteiger charge is -2.09. The minimum atomic E-state index is -1.21. The van der Waals surface area contributed by atoms with Crippen molar-refractivity contribution in [2.45, 2.75) is 39.5 Å². The summed E-state index contributed by atoms with van der Waals surface area (Å²) in [5.41, 5.74) is 0.426. The van der Waals surface area contributed by atoms with Crippen molar-refractivity contribution in [2.24, 2.45) is 11.8 Å². The molecule has 0 saturated carbocycles. The van der Waals surface area contributed by atoms with E-state index in [2.05, 4.69) is 22.6 Å². The van der Waals surface area contributed by atoms with Crippen molar-refractivity contribution in [1.29, 1.82) is 0 Å². The van der Waals surface area contributed by atoms with Crippen molar-refractivity contribution in [3.05, 3.63) is 24.3 Å². The van der Waals surface area contributed by atoms with Crippen LogP contribution in [-0.4, -0.2) is 69.5 Å². The van der Waals surface area contributed by atoms with E-state index in [1.807, 2.05) is 0 Å². The summed E-state index contributed by atoms with van der Waals surface area (Å²) in [4.78, 5) is 63.8. The summed E-state index contributed by atoms with van der Waals surface area (Å²) >= 11 is 0. The Morgan fingerprint density at radius 2 is 0.938 bits per heavy atom. The average molecular weight is 460 g/mol. The third-order valence-electron chi connectivity index (χ3n) is 3.64. The number of hydrogen-bond donors (Lipinski definition) is 4. The van der Waals surface area contributed by atoms with Crippen molar-refractivity contribution in [1.82, 2.24) is 0 Å². The Bertz CT molecular complexity index is 675. The first-order valence-corrected chi connectivity index (χ1v) is 9.23. The van der Waals surface area contributed by atoms with Crippen molar-refractivity contribution in [3.63, 3.8) is 0 Å². The molecule has 0 rings (SSSR count). The van der Waals surface area contributed by atoms with Gasteiger partial charge in [0.15, 0.2) is 0 Å². The summed E-state index contributed by atoms with van der Waals surface area (Å²) in [6, 6.07) is 0. The fourth-order valence-electron chi connectivity index (χ4n) is 1.88. The lowest BCUT2D eigenvalue weighted by atomic mass is 10.0. The number of aliphatic carboxylic acids is 4. The summed E-state index contributed by atoms with van der Waals surface area (Å²) in [6.45, 7) is 9.38. The van der Waals surface area contributed by atoms with Gasteiger partial charge in [0.05, 0.1) is 37.9 Å². The number of carboxylic acid groups (broad SMARTS) is 4. The summed E-state index contributed by atoms with van der Waals surface area (Å²) < 4.78 is 9.34. The summed E-state index contributed by atoms with van der Waals surface area (Å²) in [7, 11) is 0. The van der Waals surface area contributed by atoms with Crippen LogP contribution in [0.3, 0.4) is 0 Å². The van der Waals surface area contributed by atoms with E-state index in [1.54, 1.807) is 0 Å². The van der Waals surface area contributed by atoms with Gasteiger partial charge in [0.2, 0.25) is 0 Å².